The molecule has 104 valence electrons. The van der Waals surface area contributed by atoms with Gasteiger partial charge in [-0.2, -0.15) is 0 Å². The first-order valence-electron chi connectivity index (χ1n) is 6.20. The van der Waals surface area contributed by atoms with Crippen LogP contribution < -0.4 is 10.5 Å². The van der Waals surface area contributed by atoms with Crippen molar-refractivity contribution < 1.29 is 9.53 Å². The Balaban J connectivity index is 2.26. The Labute approximate surface area is 124 Å². The number of carbonyl (C=O) groups is 1. The summed E-state index contributed by atoms with van der Waals surface area (Å²) in [5.41, 5.74) is -0.145. The minimum atomic E-state index is -0.225. The molecule has 0 aliphatic carbocycles. The van der Waals surface area contributed by atoms with Crippen LogP contribution in [0.3, 0.4) is 0 Å². The fourth-order valence-electron chi connectivity index (χ4n) is 2.34. The number of aromatic amines is 1. The molecule has 1 aliphatic heterocycles. The second-order valence-electron chi connectivity index (χ2n) is 4.49. The van der Waals surface area contributed by atoms with Crippen molar-refractivity contribution in [3.05, 3.63) is 20.3 Å². The maximum Gasteiger partial charge on any atom is 0.307 e. The third-order valence-corrected chi connectivity index (χ3v) is 4.28. The van der Waals surface area contributed by atoms with Gasteiger partial charge in [0.15, 0.2) is 0 Å². The normalized spacial score (nSPS) is 19.3. The van der Waals surface area contributed by atoms with Crippen molar-refractivity contribution in [1.82, 2.24) is 9.97 Å². The van der Waals surface area contributed by atoms with Crippen LogP contribution in [0.5, 0.6) is 0 Å². The highest BCUT2D eigenvalue weighted by atomic mass is 127. The number of hydrogen-bond acceptors (Lipinski definition) is 5. The van der Waals surface area contributed by atoms with Crippen LogP contribution in [0.25, 0.3) is 0 Å². The van der Waals surface area contributed by atoms with Gasteiger partial charge in [-0.3, -0.25) is 9.59 Å². The largest absolute Gasteiger partial charge is 0.469 e. The van der Waals surface area contributed by atoms with Gasteiger partial charge in [0.2, 0.25) is 0 Å². The number of ether oxygens (including phenoxy) is 1. The fraction of sp³-hybridized carbons (Fsp3) is 0.583. The molecular formula is C12H16IN3O3. The molecule has 1 N–H and O–H groups in total. The van der Waals surface area contributed by atoms with Gasteiger partial charge in [0, 0.05) is 12.6 Å². The predicted molar refractivity (Wildman–Crippen MR) is 79.2 cm³/mol. The van der Waals surface area contributed by atoms with Crippen LogP contribution in [0.1, 0.15) is 25.7 Å². The third-order valence-electron chi connectivity index (χ3n) is 3.31. The van der Waals surface area contributed by atoms with Crippen molar-refractivity contribution in [2.75, 3.05) is 18.6 Å². The van der Waals surface area contributed by atoms with Crippen LogP contribution in [-0.4, -0.2) is 35.6 Å². The first kappa shape index (κ1) is 14.3. The molecule has 0 spiro atoms. The second-order valence-corrected chi connectivity index (χ2v) is 5.57. The molecule has 1 unspecified atom stereocenters. The van der Waals surface area contributed by atoms with E-state index in [9.17, 15) is 9.59 Å². The zero-order valence-electron chi connectivity index (χ0n) is 10.7. The number of piperidine rings is 1. The lowest BCUT2D eigenvalue weighted by atomic mass is 9.99. The molecule has 0 radical (unpaired) electrons. The number of esters is 1. The molecule has 1 fully saturated rings. The topological polar surface area (TPSA) is 75.3 Å². The lowest BCUT2D eigenvalue weighted by Gasteiger charge is -2.36. The SMILES string of the molecule is COC(=O)CC1CCCCN1c1nc[nH]c(=O)c1I. The van der Waals surface area contributed by atoms with Gasteiger partial charge in [-0.15, -0.1) is 0 Å². The van der Waals surface area contributed by atoms with Crippen LogP contribution in [0.4, 0.5) is 5.82 Å². The summed E-state index contributed by atoms with van der Waals surface area (Å²) in [7, 11) is 1.39. The molecule has 1 atom stereocenters. The summed E-state index contributed by atoms with van der Waals surface area (Å²) in [6, 6.07) is 0.0593. The quantitative estimate of drug-likeness (QED) is 0.635. The number of anilines is 1. The highest BCUT2D eigenvalue weighted by molar-refractivity contribution is 14.1. The van der Waals surface area contributed by atoms with E-state index in [0.717, 1.165) is 25.8 Å². The predicted octanol–water partition coefficient (Wildman–Crippen LogP) is 1.30. The second kappa shape index (κ2) is 6.36. The number of rotatable bonds is 3. The maximum absolute atomic E-state index is 11.6. The molecule has 1 saturated heterocycles. The van der Waals surface area contributed by atoms with Crippen LogP contribution >= 0.6 is 22.6 Å². The van der Waals surface area contributed by atoms with Crippen molar-refractivity contribution in [1.29, 1.82) is 0 Å². The van der Waals surface area contributed by atoms with Crippen LogP contribution in [-0.2, 0) is 9.53 Å². The van der Waals surface area contributed by atoms with Gasteiger partial charge in [-0.1, -0.05) is 0 Å². The molecule has 1 aliphatic rings. The van der Waals surface area contributed by atoms with E-state index in [1.165, 1.54) is 13.4 Å². The first-order valence-corrected chi connectivity index (χ1v) is 7.28. The minimum absolute atomic E-state index is 0.0593. The number of aromatic nitrogens is 2. The highest BCUT2D eigenvalue weighted by Crippen LogP contribution is 2.27. The summed E-state index contributed by atoms with van der Waals surface area (Å²) < 4.78 is 5.30. The number of methoxy groups -OCH3 is 1. The van der Waals surface area contributed by atoms with E-state index in [1.54, 1.807) is 0 Å². The van der Waals surface area contributed by atoms with Gasteiger partial charge in [0.05, 0.1) is 19.9 Å². The van der Waals surface area contributed by atoms with Gasteiger partial charge in [0.25, 0.3) is 5.56 Å². The van der Waals surface area contributed by atoms with E-state index in [0.29, 0.717) is 15.8 Å². The van der Waals surface area contributed by atoms with Crippen molar-refractivity contribution in [2.24, 2.45) is 0 Å². The Kier molecular flexibility index (Phi) is 4.78. The molecule has 2 heterocycles. The number of carbonyl (C=O) groups excluding carboxylic acids is 1. The van der Waals surface area contributed by atoms with Crippen LogP contribution in [0.15, 0.2) is 11.1 Å². The van der Waals surface area contributed by atoms with Crippen molar-refractivity contribution in [3.63, 3.8) is 0 Å². The van der Waals surface area contributed by atoms with E-state index < -0.39 is 0 Å². The number of halogens is 1. The zero-order valence-corrected chi connectivity index (χ0v) is 12.8. The van der Waals surface area contributed by atoms with Gasteiger partial charge >= 0.3 is 5.97 Å². The highest BCUT2D eigenvalue weighted by Gasteiger charge is 2.28. The molecule has 19 heavy (non-hydrogen) atoms. The molecular weight excluding hydrogens is 361 g/mol. The minimum Gasteiger partial charge on any atom is -0.469 e. The standard InChI is InChI=1S/C12H16IN3O3/c1-19-9(17)6-8-4-2-3-5-16(8)11-10(13)12(18)15-7-14-11/h7-8H,2-6H2,1H3,(H,14,15,18). The molecule has 7 heteroatoms. The Morgan fingerprint density at radius 2 is 2.42 bits per heavy atom. The number of H-pyrrole nitrogens is 1. The molecule has 0 bridgehead atoms. The summed E-state index contributed by atoms with van der Waals surface area (Å²) in [6.45, 7) is 0.814. The number of hydrogen-bond donors (Lipinski definition) is 1. The molecule has 0 amide bonds. The molecule has 1 aromatic heterocycles. The fourth-order valence-corrected chi connectivity index (χ4v) is 2.95. The Hall–Kier alpha value is -1.12. The summed E-state index contributed by atoms with van der Waals surface area (Å²) in [5, 5.41) is 0. The van der Waals surface area contributed by atoms with Crippen LogP contribution in [0.2, 0.25) is 0 Å². The average Bonchev–Trinajstić information content (AvgIpc) is 2.42. The van der Waals surface area contributed by atoms with E-state index in [1.807, 2.05) is 22.6 Å². The molecule has 2 rings (SSSR count). The molecule has 6 nitrogen and oxygen atoms in total. The summed E-state index contributed by atoms with van der Waals surface area (Å²) >= 11 is 2.00. The van der Waals surface area contributed by atoms with Gasteiger partial charge in [-0.05, 0) is 41.9 Å². The lowest BCUT2D eigenvalue weighted by Crippen LogP contribution is -2.42. The smallest absolute Gasteiger partial charge is 0.307 e. The van der Waals surface area contributed by atoms with E-state index in [2.05, 4.69) is 14.9 Å². The Morgan fingerprint density at radius 3 is 3.16 bits per heavy atom. The maximum atomic E-state index is 11.6. The van der Waals surface area contributed by atoms with Crippen LogP contribution in [0, 0.1) is 3.57 Å². The summed E-state index contributed by atoms with van der Waals surface area (Å²) in [6.07, 6.45) is 4.78. The van der Waals surface area contributed by atoms with E-state index >= 15 is 0 Å². The Bertz CT molecular complexity index is 517. The Morgan fingerprint density at radius 1 is 1.63 bits per heavy atom. The van der Waals surface area contributed by atoms with Crippen molar-refractivity contribution in [3.8, 4) is 0 Å². The molecule has 1 aromatic rings. The first-order chi connectivity index (χ1) is 9.13. The monoisotopic (exact) mass is 377 g/mol. The number of nitrogens with zero attached hydrogens (tertiary/aromatic N) is 2. The van der Waals surface area contributed by atoms with Crippen molar-refractivity contribution in [2.45, 2.75) is 31.7 Å². The third kappa shape index (κ3) is 3.26. The van der Waals surface area contributed by atoms with Gasteiger partial charge < -0.3 is 14.6 Å². The zero-order chi connectivity index (χ0) is 13.8. The average molecular weight is 377 g/mol. The molecule has 0 aromatic carbocycles. The van der Waals surface area contributed by atoms with E-state index in [4.69, 9.17) is 4.74 Å². The summed E-state index contributed by atoms with van der Waals surface area (Å²) in [4.78, 5) is 32.0. The van der Waals surface area contributed by atoms with Gasteiger partial charge in [-0.25, -0.2) is 4.98 Å². The van der Waals surface area contributed by atoms with Gasteiger partial charge in [0.1, 0.15) is 9.39 Å². The number of nitrogens with one attached hydrogen (secondary N) is 1. The lowest BCUT2D eigenvalue weighted by molar-refractivity contribution is -0.141. The van der Waals surface area contributed by atoms with E-state index in [-0.39, 0.29) is 17.6 Å². The van der Waals surface area contributed by atoms with Crippen molar-refractivity contribution >= 4 is 34.4 Å². The summed E-state index contributed by atoms with van der Waals surface area (Å²) in [5.74, 6) is 0.440. The molecule has 0 saturated carbocycles.